The highest BCUT2D eigenvalue weighted by molar-refractivity contribution is 7.89. The summed E-state index contributed by atoms with van der Waals surface area (Å²) in [5.74, 6) is 1.87. The van der Waals surface area contributed by atoms with Gasteiger partial charge in [-0.1, -0.05) is 6.42 Å². The normalized spacial score (nSPS) is 27.2. The van der Waals surface area contributed by atoms with Gasteiger partial charge in [0.15, 0.2) is 0 Å². The lowest BCUT2D eigenvalue weighted by molar-refractivity contribution is -0.385. The van der Waals surface area contributed by atoms with Crippen molar-refractivity contribution in [2.24, 2.45) is 17.8 Å². The zero-order valence-electron chi connectivity index (χ0n) is 12.5. The molecule has 0 heterocycles. The van der Waals surface area contributed by atoms with Gasteiger partial charge < -0.3 is 0 Å². The van der Waals surface area contributed by atoms with Crippen molar-refractivity contribution in [1.82, 2.24) is 4.72 Å². The van der Waals surface area contributed by atoms with Gasteiger partial charge in [-0.2, -0.15) is 0 Å². The van der Waals surface area contributed by atoms with Gasteiger partial charge in [0.2, 0.25) is 10.0 Å². The zero-order chi connectivity index (χ0) is 15.9. The number of nitro groups is 1. The summed E-state index contributed by atoms with van der Waals surface area (Å²) < 4.78 is 27.5. The summed E-state index contributed by atoms with van der Waals surface area (Å²) in [5, 5.41) is 10.7. The number of fused-ring (bicyclic) bond motifs is 2. The standard InChI is InChI=1S/C15H20N2O4S/c1-10-6-14(17(18)19)4-5-15(10)22(20,21)16-9-13-8-11-2-3-12(13)7-11/h4-6,11-13,16H,2-3,7-9H2,1H3/t11-,12-,13+/m1/s1. The van der Waals surface area contributed by atoms with Gasteiger partial charge in [0.05, 0.1) is 9.82 Å². The largest absolute Gasteiger partial charge is 0.269 e. The molecule has 0 saturated heterocycles. The van der Waals surface area contributed by atoms with Crippen LogP contribution in [0.5, 0.6) is 0 Å². The Kier molecular flexibility index (Phi) is 3.94. The number of nitro benzene ring substituents is 1. The number of rotatable bonds is 5. The predicted molar refractivity (Wildman–Crippen MR) is 82.0 cm³/mol. The molecule has 2 aliphatic carbocycles. The third-order valence-corrected chi connectivity index (χ3v) is 6.66. The molecule has 0 aliphatic heterocycles. The van der Waals surface area contributed by atoms with Crippen molar-refractivity contribution in [3.8, 4) is 0 Å². The van der Waals surface area contributed by atoms with Gasteiger partial charge in [-0.15, -0.1) is 0 Å². The maximum absolute atomic E-state index is 12.4. The van der Waals surface area contributed by atoms with Gasteiger partial charge >= 0.3 is 0 Å². The molecule has 3 rings (SSSR count). The van der Waals surface area contributed by atoms with Gasteiger partial charge in [0.1, 0.15) is 0 Å². The van der Waals surface area contributed by atoms with E-state index in [4.69, 9.17) is 0 Å². The summed E-state index contributed by atoms with van der Waals surface area (Å²) >= 11 is 0. The Bertz CT molecular complexity index is 701. The van der Waals surface area contributed by atoms with Crippen LogP contribution >= 0.6 is 0 Å². The molecule has 0 aromatic heterocycles. The number of hydrogen-bond acceptors (Lipinski definition) is 4. The van der Waals surface area contributed by atoms with Crippen LogP contribution < -0.4 is 4.72 Å². The van der Waals surface area contributed by atoms with E-state index in [1.165, 1.54) is 37.5 Å². The lowest BCUT2D eigenvalue weighted by Crippen LogP contribution is -2.32. The fraction of sp³-hybridized carbons (Fsp3) is 0.600. The van der Waals surface area contributed by atoms with Crippen LogP contribution in [0, 0.1) is 34.8 Å². The van der Waals surface area contributed by atoms with E-state index in [2.05, 4.69) is 4.72 Å². The van der Waals surface area contributed by atoms with Crippen LogP contribution in [0.2, 0.25) is 0 Å². The Balaban J connectivity index is 1.71. The van der Waals surface area contributed by atoms with Crippen LogP contribution in [0.15, 0.2) is 23.1 Å². The van der Waals surface area contributed by atoms with Gasteiger partial charge in [-0.3, -0.25) is 10.1 Å². The topological polar surface area (TPSA) is 89.3 Å². The molecule has 2 fully saturated rings. The highest BCUT2D eigenvalue weighted by Gasteiger charge is 2.39. The summed E-state index contributed by atoms with van der Waals surface area (Å²) in [6.07, 6.45) is 4.86. The molecule has 1 aromatic carbocycles. The average molecular weight is 324 g/mol. The molecule has 1 aromatic rings. The Labute approximate surface area is 130 Å². The monoisotopic (exact) mass is 324 g/mol. The lowest BCUT2D eigenvalue weighted by atomic mass is 9.89. The molecular formula is C15H20N2O4S. The second-order valence-electron chi connectivity index (χ2n) is 6.49. The summed E-state index contributed by atoms with van der Waals surface area (Å²) in [5.41, 5.74) is 0.305. The maximum atomic E-state index is 12.4. The van der Waals surface area contributed by atoms with Crippen LogP contribution in [-0.2, 0) is 10.0 Å². The molecule has 7 heteroatoms. The minimum atomic E-state index is -3.61. The van der Waals surface area contributed by atoms with E-state index in [-0.39, 0.29) is 10.6 Å². The Morgan fingerprint density at radius 1 is 1.32 bits per heavy atom. The fourth-order valence-electron chi connectivity index (χ4n) is 3.97. The van der Waals surface area contributed by atoms with Crippen molar-refractivity contribution in [2.75, 3.05) is 6.54 Å². The summed E-state index contributed by atoms with van der Waals surface area (Å²) in [6, 6.07) is 3.85. The van der Waals surface area contributed by atoms with Crippen molar-refractivity contribution >= 4 is 15.7 Å². The molecule has 22 heavy (non-hydrogen) atoms. The smallest absolute Gasteiger partial charge is 0.258 e. The summed E-state index contributed by atoms with van der Waals surface area (Å²) in [7, 11) is -3.61. The zero-order valence-corrected chi connectivity index (χ0v) is 13.3. The molecule has 2 saturated carbocycles. The van der Waals surface area contributed by atoms with Crippen molar-refractivity contribution < 1.29 is 13.3 Å². The molecule has 0 spiro atoms. The molecule has 6 nitrogen and oxygen atoms in total. The first-order valence-corrected chi connectivity index (χ1v) is 9.10. The van der Waals surface area contributed by atoms with E-state index in [0.717, 1.165) is 12.3 Å². The molecule has 2 aliphatic rings. The highest BCUT2D eigenvalue weighted by Crippen LogP contribution is 2.48. The second kappa shape index (κ2) is 5.62. The third kappa shape index (κ3) is 2.87. The van der Waals surface area contributed by atoms with Crippen LogP contribution in [0.25, 0.3) is 0 Å². The molecule has 0 radical (unpaired) electrons. The van der Waals surface area contributed by atoms with Gasteiger partial charge in [0.25, 0.3) is 5.69 Å². The van der Waals surface area contributed by atoms with Crippen LogP contribution in [0.4, 0.5) is 5.69 Å². The van der Waals surface area contributed by atoms with E-state index in [1.54, 1.807) is 6.92 Å². The van der Waals surface area contributed by atoms with Crippen molar-refractivity contribution in [3.63, 3.8) is 0 Å². The minimum absolute atomic E-state index is 0.0930. The van der Waals surface area contributed by atoms with Crippen LogP contribution in [0.3, 0.4) is 0 Å². The SMILES string of the molecule is Cc1cc([N+](=O)[O-])ccc1S(=O)(=O)NC[C@@H]1C[C@@H]2CC[C@@H]1C2. The van der Waals surface area contributed by atoms with Crippen LogP contribution in [0.1, 0.15) is 31.2 Å². The number of sulfonamides is 1. The fourth-order valence-corrected chi connectivity index (χ4v) is 5.29. The number of hydrogen-bond donors (Lipinski definition) is 1. The van der Waals surface area contributed by atoms with Crippen LogP contribution in [-0.4, -0.2) is 19.9 Å². The summed E-state index contributed by atoms with van der Waals surface area (Å²) in [4.78, 5) is 10.3. The number of benzene rings is 1. The lowest BCUT2D eigenvalue weighted by Gasteiger charge is -2.22. The molecule has 2 bridgehead atoms. The van der Waals surface area contributed by atoms with Crippen molar-refractivity contribution in [3.05, 3.63) is 33.9 Å². The number of nitrogens with one attached hydrogen (secondary N) is 1. The molecule has 0 amide bonds. The summed E-state index contributed by atoms with van der Waals surface area (Å²) in [6.45, 7) is 2.05. The minimum Gasteiger partial charge on any atom is -0.258 e. The Morgan fingerprint density at radius 2 is 2.09 bits per heavy atom. The van der Waals surface area contributed by atoms with E-state index in [1.807, 2.05) is 0 Å². The number of aryl methyl sites for hydroxylation is 1. The average Bonchev–Trinajstić information content (AvgIpc) is 3.07. The second-order valence-corrected chi connectivity index (χ2v) is 8.23. The van der Waals surface area contributed by atoms with E-state index < -0.39 is 14.9 Å². The van der Waals surface area contributed by atoms with E-state index >= 15 is 0 Å². The predicted octanol–water partition coefficient (Wildman–Crippen LogP) is 2.62. The first-order valence-electron chi connectivity index (χ1n) is 7.61. The Morgan fingerprint density at radius 3 is 2.64 bits per heavy atom. The number of non-ortho nitro benzene ring substituents is 1. The molecule has 3 atom stereocenters. The molecular weight excluding hydrogens is 304 g/mol. The van der Waals surface area contributed by atoms with Crippen molar-refractivity contribution in [2.45, 2.75) is 37.5 Å². The quantitative estimate of drug-likeness (QED) is 0.666. The van der Waals surface area contributed by atoms with Gasteiger partial charge in [0, 0.05) is 18.7 Å². The first kappa shape index (κ1) is 15.4. The molecule has 1 N–H and O–H groups in total. The van der Waals surface area contributed by atoms with E-state index in [9.17, 15) is 18.5 Å². The van der Waals surface area contributed by atoms with Gasteiger partial charge in [-0.25, -0.2) is 13.1 Å². The molecule has 120 valence electrons. The maximum Gasteiger partial charge on any atom is 0.269 e. The third-order valence-electron chi connectivity index (χ3n) is 5.08. The highest BCUT2D eigenvalue weighted by atomic mass is 32.2. The Hall–Kier alpha value is -1.47. The van der Waals surface area contributed by atoms with Gasteiger partial charge in [-0.05, 0) is 55.6 Å². The van der Waals surface area contributed by atoms with Crippen molar-refractivity contribution in [1.29, 1.82) is 0 Å². The first-order chi connectivity index (χ1) is 10.4. The van der Waals surface area contributed by atoms with E-state index in [0.29, 0.717) is 23.9 Å². The number of nitrogens with zero attached hydrogens (tertiary/aromatic N) is 1. The molecule has 0 unspecified atom stereocenters.